The Morgan fingerprint density at radius 3 is 2.90 bits per heavy atom. The van der Waals surface area contributed by atoms with Crippen molar-refractivity contribution < 1.29 is 4.79 Å². The van der Waals surface area contributed by atoms with Gasteiger partial charge < -0.3 is 10.2 Å². The Labute approximate surface area is 128 Å². The first-order valence-corrected chi connectivity index (χ1v) is 8.14. The number of aromatic nitrogens is 2. The fourth-order valence-corrected chi connectivity index (χ4v) is 3.06. The minimum atomic E-state index is -0.0803. The molecule has 3 heterocycles. The van der Waals surface area contributed by atoms with E-state index in [0.717, 1.165) is 18.9 Å². The molecule has 0 bridgehead atoms. The van der Waals surface area contributed by atoms with Crippen molar-refractivity contribution in [1.29, 1.82) is 0 Å². The summed E-state index contributed by atoms with van der Waals surface area (Å²) < 4.78 is 0. The Balaban J connectivity index is 1.62. The minimum Gasteiger partial charge on any atom is -0.357 e. The fourth-order valence-electron chi connectivity index (χ4n) is 2.43. The van der Waals surface area contributed by atoms with Gasteiger partial charge in [0.25, 0.3) is 5.91 Å². The molecule has 0 aliphatic carbocycles. The molecule has 110 valence electrons. The van der Waals surface area contributed by atoms with Crippen LogP contribution in [-0.4, -0.2) is 29.0 Å². The molecule has 2 aromatic heterocycles. The van der Waals surface area contributed by atoms with Crippen molar-refractivity contribution in [3.8, 4) is 0 Å². The largest absolute Gasteiger partial charge is 0.357 e. The average Bonchev–Trinajstić information content (AvgIpc) is 3.08. The number of anilines is 1. The van der Waals surface area contributed by atoms with E-state index in [-0.39, 0.29) is 5.91 Å². The molecule has 1 amide bonds. The molecule has 0 saturated carbocycles. The molecule has 0 radical (unpaired) electrons. The zero-order valence-corrected chi connectivity index (χ0v) is 12.6. The monoisotopic (exact) mass is 302 g/mol. The highest BCUT2D eigenvalue weighted by Crippen LogP contribution is 2.16. The summed E-state index contributed by atoms with van der Waals surface area (Å²) >= 11 is 1.51. The molecular weight excluding hydrogens is 284 g/mol. The van der Waals surface area contributed by atoms with Crippen molar-refractivity contribution in [2.45, 2.75) is 25.8 Å². The Bertz CT molecular complexity index is 593. The van der Waals surface area contributed by atoms with Crippen LogP contribution in [0.25, 0.3) is 0 Å². The highest BCUT2D eigenvalue weighted by Gasteiger charge is 2.13. The highest BCUT2D eigenvalue weighted by atomic mass is 32.1. The first-order valence-electron chi connectivity index (χ1n) is 7.20. The van der Waals surface area contributed by atoms with Gasteiger partial charge >= 0.3 is 0 Å². The Morgan fingerprint density at radius 1 is 1.29 bits per heavy atom. The van der Waals surface area contributed by atoms with E-state index >= 15 is 0 Å². The molecule has 0 unspecified atom stereocenters. The topological polar surface area (TPSA) is 58.1 Å². The molecule has 1 aliphatic rings. The van der Waals surface area contributed by atoms with Crippen LogP contribution in [-0.2, 0) is 6.54 Å². The van der Waals surface area contributed by atoms with Gasteiger partial charge in [-0.05, 0) is 36.8 Å². The van der Waals surface area contributed by atoms with Gasteiger partial charge in [-0.15, -0.1) is 0 Å². The van der Waals surface area contributed by atoms with Crippen LogP contribution in [0.4, 0.5) is 5.82 Å². The summed E-state index contributed by atoms with van der Waals surface area (Å²) in [5, 5.41) is 6.58. The molecule has 0 atom stereocenters. The quantitative estimate of drug-likeness (QED) is 0.942. The van der Waals surface area contributed by atoms with Gasteiger partial charge in [0.05, 0.1) is 6.54 Å². The van der Waals surface area contributed by atoms with Gasteiger partial charge in [0, 0.05) is 30.2 Å². The minimum absolute atomic E-state index is 0.0803. The van der Waals surface area contributed by atoms with Gasteiger partial charge in [0.2, 0.25) is 0 Å². The molecular formula is C15H18N4OS. The lowest BCUT2D eigenvalue weighted by molar-refractivity contribution is 0.0950. The van der Waals surface area contributed by atoms with Crippen molar-refractivity contribution in [3.63, 3.8) is 0 Å². The van der Waals surface area contributed by atoms with Crippen LogP contribution in [0.1, 0.15) is 35.4 Å². The second-order valence-corrected chi connectivity index (χ2v) is 5.85. The van der Waals surface area contributed by atoms with Crippen LogP contribution in [0, 0.1) is 0 Å². The van der Waals surface area contributed by atoms with Crippen molar-refractivity contribution in [1.82, 2.24) is 15.3 Å². The zero-order valence-electron chi connectivity index (χ0n) is 11.8. The molecule has 1 fully saturated rings. The zero-order chi connectivity index (χ0) is 14.5. The number of nitrogens with zero attached hydrogens (tertiary/aromatic N) is 3. The molecule has 1 saturated heterocycles. The van der Waals surface area contributed by atoms with Crippen molar-refractivity contribution >= 4 is 23.1 Å². The normalized spacial score (nSPS) is 15.0. The van der Waals surface area contributed by atoms with Crippen molar-refractivity contribution in [2.75, 3.05) is 18.0 Å². The third-order valence-corrected chi connectivity index (χ3v) is 4.24. The van der Waals surface area contributed by atoms with E-state index in [1.165, 1.54) is 30.6 Å². The van der Waals surface area contributed by atoms with Gasteiger partial charge in [-0.25, -0.2) is 9.97 Å². The summed E-state index contributed by atoms with van der Waals surface area (Å²) in [5.41, 5.74) is 0.687. The van der Waals surface area contributed by atoms with E-state index in [9.17, 15) is 4.79 Å². The lowest BCUT2D eigenvalue weighted by atomic mass is 10.1. The summed E-state index contributed by atoms with van der Waals surface area (Å²) in [4.78, 5) is 23.0. The van der Waals surface area contributed by atoms with E-state index in [0.29, 0.717) is 17.9 Å². The Hall–Kier alpha value is -1.95. The number of hydrogen-bond acceptors (Lipinski definition) is 5. The number of piperidine rings is 1. The van der Waals surface area contributed by atoms with Gasteiger partial charge in [-0.1, -0.05) is 0 Å². The first-order chi connectivity index (χ1) is 10.3. The second-order valence-electron chi connectivity index (χ2n) is 5.07. The van der Waals surface area contributed by atoms with E-state index in [2.05, 4.69) is 20.2 Å². The number of carbonyl (C=O) groups is 1. The van der Waals surface area contributed by atoms with E-state index in [1.807, 2.05) is 22.9 Å². The Kier molecular flexibility index (Phi) is 4.45. The molecule has 1 N–H and O–H groups in total. The second kappa shape index (κ2) is 6.67. The van der Waals surface area contributed by atoms with Gasteiger partial charge in [0.1, 0.15) is 11.6 Å². The van der Waals surface area contributed by atoms with Crippen LogP contribution in [0.15, 0.2) is 29.1 Å². The lowest BCUT2D eigenvalue weighted by Crippen LogP contribution is -2.31. The van der Waals surface area contributed by atoms with Gasteiger partial charge in [-0.2, -0.15) is 11.3 Å². The smallest absolute Gasteiger partial charge is 0.252 e. The van der Waals surface area contributed by atoms with Gasteiger partial charge in [0.15, 0.2) is 0 Å². The molecule has 3 rings (SSSR count). The maximum Gasteiger partial charge on any atom is 0.252 e. The number of thiophene rings is 1. The van der Waals surface area contributed by atoms with Crippen LogP contribution < -0.4 is 10.2 Å². The molecule has 0 aromatic carbocycles. The predicted molar refractivity (Wildman–Crippen MR) is 83.6 cm³/mol. The number of hydrogen-bond donors (Lipinski definition) is 1. The number of amides is 1. The van der Waals surface area contributed by atoms with Gasteiger partial charge in [-0.3, -0.25) is 4.79 Å². The standard InChI is InChI=1S/C15H18N4OS/c20-15(12-5-9-21-11-12)17-10-13-16-6-4-14(18-13)19-7-2-1-3-8-19/h4-6,9,11H,1-3,7-8,10H2,(H,17,20). The molecule has 5 nitrogen and oxygen atoms in total. The summed E-state index contributed by atoms with van der Waals surface area (Å²) in [6.45, 7) is 2.46. The highest BCUT2D eigenvalue weighted by molar-refractivity contribution is 7.08. The van der Waals surface area contributed by atoms with E-state index < -0.39 is 0 Å². The molecule has 1 aliphatic heterocycles. The van der Waals surface area contributed by atoms with Crippen LogP contribution in [0.5, 0.6) is 0 Å². The van der Waals surface area contributed by atoms with E-state index in [1.54, 1.807) is 6.20 Å². The molecule has 6 heteroatoms. The predicted octanol–water partition coefficient (Wildman–Crippen LogP) is 2.46. The molecule has 0 spiro atoms. The number of rotatable bonds is 4. The fraction of sp³-hybridized carbons (Fsp3) is 0.400. The van der Waals surface area contributed by atoms with Crippen molar-refractivity contribution in [3.05, 3.63) is 40.5 Å². The third-order valence-electron chi connectivity index (χ3n) is 3.56. The average molecular weight is 302 g/mol. The summed E-state index contributed by atoms with van der Waals surface area (Å²) in [5.74, 6) is 1.54. The third kappa shape index (κ3) is 3.58. The first kappa shape index (κ1) is 14.0. The molecule has 2 aromatic rings. The van der Waals surface area contributed by atoms with Crippen LogP contribution in [0.2, 0.25) is 0 Å². The van der Waals surface area contributed by atoms with Crippen LogP contribution >= 0.6 is 11.3 Å². The number of nitrogens with one attached hydrogen (secondary N) is 1. The summed E-state index contributed by atoms with van der Waals surface area (Å²) in [6, 6.07) is 3.75. The van der Waals surface area contributed by atoms with E-state index in [4.69, 9.17) is 0 Å². The number of carbonyl (C=O) groups excluding carboxylic acids is 1. The van der Waals surface area contributed by atoms with Crippen LogP contribution in [0.3, 0.4) is 0 Å². The molecule has 21 heavy (non-hydrogen) atoms. The maximum atomic E-state index is 11.9. The SMILES string of the molecule is O=C(NCc1nccc(N2CCCCC2)n1)c1ccsc1. The maximum absolute atomic E-state index is 11.9. The summed E-state index contributed by atoms with van der Waals surface area (Å²) in [6.07, 6.45) is 5.50. The summed E-state index contributed by atoms with van der Waals surface area (Å²) in [7, 11) is 0. The lowest BCUT2D eigenvalue weighted by Gasteiger charge is -2.27. The Morgan fingerprint density at radius 2 is 2.14 bits per heavy atom. The van der Waals surface area contributed by atoms with Crippen molar-refractivity contribution in [2.24, 2.45) is 0 Å².